The van der Waals surface area contributed by atoms with Gasteiger partial charge in [-0.1, -0.05) is 6.07 Å². The Labute approximate surface area is 82.5 Å². The van der Waals surface area contributed by atoms with Crippen molar-refractivity contribution in [2.45, 2.75) is 18.9 Å². The minimum atomic E-state index is 0.502. The smallest absolute Gasteiger partial charge is 0.0831 e. The second-order valence-corrected chi connectivity index (χ2v) is 4.22. The average molecular weight is 198 g/mol. The van der Waals surface area contributed by atoms with E-state index in [1.165, 1.54) is 4.88 Å². The molecule has 1 aromatic rings. The van der Waals surface area contributed by atoms with Crippen LogP contribution in [0.15, 0.2) is 17.5 Å². The summed E-state index contributed by atoms with van der Waals surface area (Å²) in [5, 5.41) is 2.10. The fourth-order valence-corrected chi connectivity index (χ4v) is 1.87. The van der Waals surface area contributed by atoms with Gasteiger partial charge in [0, 0.05) is 17.9 Å². The van der Waals surface area contributed by atoms with Crippen molar-refractivity contribution in [2.24, 2.45) is 0 Å². The summed E-state index contributed by atoms with van der Waals surface area (Å²) in [6.45, 7) is 2.62. The fourth-order valence-electron chi connectivity index (χ4n) is 1.18. The van der Waals surface area contributed by atoms with Gasteiger partial charge in [-0.25, -0.2) is 0 Å². The van der Waals surface area contributed by atoms with E-state index in [2.05, 4.69) is 17.5 Å². The lowest BCUT2D eigenvalue weighted by Gasteiger charge is -2.00. The average Bonchev–Trinajstić information content (AvgIpc) is 2.81. The van der Waals surface area contributed by atoms with E-state index in [1.54, 1.807) is 11.3 Å². The lowest BCUT2D eigenvalue weighted by atomic mass is 10.3. The van der Waals surface area contributed by atoms with Crippen LogP contribution < -0.4 is 0 Å². The zero-order valence-electron chi connectivity index (χ0n) is 7.57. The van der Waals surface area contributed by atoms with E-state index in [-0.39, 0.29) is 0 Å². The number of hydrogen-bond acceptors (Lipinski definition) is 3. The van der Waals surface area contributed by atoms with Gasteiger partial charge in [0.05, 0.1) is 19.3 Å². The number of hydrogen-bond donors (Lipinski definition) is 0. The Morgan fingerprint density at radius 2 is 2.46 bits per heavy atom. The van der Waals surface area contributed by atoms with E-state index in [0.717, 1.165) is 32.7 Å². The molecule has 13 heavy (non-hydrogen) atoms. The van der Waals surface area contributed by atoms with Crippen molar-refractivity contribution in [3.05, 3.63) is 22.4 Å². The van der Waals surface area contributed by atoms with Crippen LogP contribution in [-0.4, -0.2) is 25.9 Å². The summed E-state index contributed by atoms with van der Waals surface area (Å²) < 4.78 is 10.6. The maximum absolute atomic E-state index is 5.48. The highest BCUT2D eigenvalue weighted by molar-refractivity contribution is 7.09. The van der Waals surface area contributed by atoms with Crippen LogP contribution in [0.25, 0.3) is 0 Å². The summed E-state index contributed by atoms with van der Waals surface area (Å²) in [4.78, 5) is 1.41. The number of rotatable bonds is 6. The van der Waals surface area contributed by atoms with Gasteiger partial charge in [0.1, 0.15) is 0 Å². The number of epoxide rings is 1. The molecule has 1 aromatic heterocycles. The molecule has 0 aliphatic carbocycles. The van der Waals surface area contributed by atoms with Crippen LogP contribution in [0.1, 0.15) is 11.3 Å². The zero-order chi connectivity index (χ0) is 8.93. The van der Waals surface area contributed by atoms with Crippen molar-refractivity contribution in [2.75, 3.05) is 19.8 Å². The van der Waals surface area contributed by atoms with Gasteiger partial charge in [0.15, 0.2) is 0 Å². The van der Waals surface area contributed by atoms with E-state index in [0.29, 0.717) is 6.10 Å². The van der Waals surface area contributed by atoms with Crippen molar-refractivity contribution in [3.8, 4) is 0 Å². The molecule has 0 N–H and O–H groups in total. The molecule has 0 radical (unpaired) electrons. The molecule has 1 unspecified atom stereocenters. The Hall–Kier alpha value is -0.380. The van der Waals surface area contributed by atoms with E-state index < -0.39 is 0 Å². The summed E-state index contributed by atoms with van der Waals surface area (Å²) in [5.74, 6) is 0. The van der Waals surface area contributed by atoms with Gasteiger partial charge in [-0.3, -0.25) is 0 Å². The quantitative estimate of drug-likeness (QED) is 0.516. The Kier molecular flexibility index (Phi) is 3.35. The molecule has 2 heterocycles. The first kappa shape index (κ1) is 9.19. The minimum absolute atomic E-state index is 0.502. The van der Waals surface area contributed by atoms with Crippen LogP contribution in [0.5, 0.6) is 0 Å². The highest BCUT2D eigenvalue weighted by atomic mass is 32.1. The van der Waals surface area contributed by atoms with Gasteiger partial charge in [-0.15, -0.1) is 11.3 Å². The molecule has 0 aromatic carbocycles. The molecule has 1 fully saturated rings. The number of ether oxygens (including phenoxy) is 2. The SMILES string of the molecule is c1csc(CCOCCC2CO2)c1. The Bertz CT molecular complexity index is 229. The predicted molar refractivity (Wildman–Crippen MR) is 53.2 cm³/mol. The van der Waals surface area contributed by atoms with E-state index in [9.17, 15) is 0 Å². The van der Waals surface area contributed by atoms with Crippen LogP contribution in [0.3, 0.4) is 0 Å². The maximum atomic E-state index is 5.48. The van der Waals surface area contributed by atoms with Crippen molar-refractivity contribution >= 4 is 11.3 Å². The van der Waals surface area contributed by atoms with E-state index in [4.69, 9.17) is 9.47 Å². The van der Waals surface area contributed by atoms with E-state index in [1.807, 2.05) is 0 Å². The summed E-state index contributed by atoms with van der Waals surface area (Å²) in [6.07, 6.45) is 2.61. The Morgan fingerprint density at radius 3 is 3.15 bits per heavy atom. The van der Waals surface area contributed by atoms with Gasteiger partial charge in [-0.2, -0.15) is 0 Å². The normalized spacial score (nSPS) is 20.5. The monoisotopic (exact) mass is 198 g/mol. The molecule has 1 aliphatic heterocycles. The van der Waals surface area contributed by atoms with Crippen LogP contribution >= 0.6 is 11.3 Å². The summed E-state index contributed by atoms with van der Waals surface area (Å²) >= 11 is 1.79. The third kappa shape index (κ3) is 3.46. The third-order valence-corrected chi connectivity index (χ3v) is 3.00. The largest absolute Gasteiger partial charge is 0.381 e. The Morgan fingerprint density at radius 1 is 1.54 bits per heavy atom. The van der Waals surface area contributed by atoms with Gasteiger partial charge in [-0.05, 0) is 17.9 Å². The lowest BCUT2D eigenvalue weighted by Crippen LogP contribution is -2.01. The van der Waals surface area contributed by atoms with Gasteiger partial charge in [0.2, 0.25) is 0 Å². The molecular weight excluding hydrogens is 184 g/mol. The molecule has 0 bridgehead atoms. The molecule has 0 spiro atoms. The summed E-state index contributed by atoms with van der Waals surface area (Å²) in [5.41, 5.74) is 0. The Balaban J connectivity index is 1.48. The van der Waals surface area contributed by atoms with Crippen LogP contribution in [-0.2, 0) is 15.9 Å². The zero-order valence-corrected chi connectivity index (χ0v) is 8.39. The van der Waals surface area contributed by atoms with Crippen molar-refractivity contribution in [1.29, 1.82) is 0 Å². The van der Waals surface area contributed by atoms with Crippen LogP contribution in [0, 0.1) is 0 Å². The molecule has 72 valence electrons. The maximum Gasteiger partial charge on any atom is 0.0831 e. The molecule has 2 rings (SSSR count). The molecular formula is C10H14O2S. The third-order valence-electron chi connectivity index (χ3n) is 2.06. The molecule has 1 atom stereocenters. The van der Waals surface area contributed by atoms with Crippen molar-refractivity contribution in [3.63, 3.8) is 0 Å². The highest BCUT2D eigenvalue weighted by Gasteiger charge is 2.21. The fraction of sp³-hybridized carbons (Fsp3) is 0.600. The minimum Gasteiger partial charge on any atom is -0.381 e. The highest BCUT2D eigenvalue weighted by Crippen LogP contribution is 2.13. The van der Waals surface area contributed by atoms with Gasteiger partial charge in [0.25, 0.3) is 0 Å². The molecule has 1 saturated heterocycles. The number of thiophene rings is 1. The predicted octanol–water partition coefficient (Wildman–Crippen LogP) is 2.10. The standard InChI is InChI=1S/C10H14O2S/c1-2-10(13-7-1)4-6-11-5-3-9-8-12-9/h1-2,7,9H,3-6,8H2. The van der Waals surface area contributed by atoms with Crippen LogP contribution in [0.2, 0.25) is 0 Å². The summed E-state index contributed by atoms with van der Waals surface area (Å²) in [6, 6.07) is 4.23. The first-order valence-corrected chi connectivity index (χ1v) is 5.55. The first-order chi connectivity index (χ1) is 6.45. The van der Waals surface area contributed by atoms with Crippen molar-refractivity contribution in [1.82, 2.24) is 0 Å². The van der Waals surface area contributed by atoms with E-state index >= 15 is 0 Å². The lowest BCUT2D eigenvalue weighted by molar-refractivity contribution is 0.129. The van der Waals surface area contributed by atoms with Gasteiger partial charge >= 0.3 is 0 Å². The first-order valence-electron chi connectivity index (χ1n) is 4.67. The molecule has 3 heteroatoms. The molecule has 2 nitrogen and oxygen atoms in total. The van der Waals surface area contributed by atoms with Crippen LogP contribution in [0.4, 0.5) is 0 Å². The second kappa shape index (κ2) is 4.74. The van der Waals surface area contributed by atoms with Gasteiger partial charge < -0.3 is 9.47 Å². The molecule has 0 amide bonds. The summed E-state index contributed by atoms with van der Waals surface area (Å²) in [7, 11) is 0. The van der Waals surface area contributed by atoms with Crippen molar-refractivity contribution < 1.29 is 9.47 Å². The molecule has 1 aliphatic rings. The second-order valence-electron chi connectivity index (χ2n) is 3.19. The topological polar surface area (TPSA) is 21.8 Å². The molecule has 0 saturated carbocycles.